The van der Waals surface area contributed by atoms with E-state index in [-0.39, 0.29) is 0 Å². The van der Waals surface area contributed by atoms with E-state index in [0.717, 1.165) is 66.2 Å². The molecule has 0 spiro atoms. The Morgan fingerprint density at radius 2 is 1.18 bits per heavy atom. The number of aromatic amines is 1. The van der Waals surface area contributed by atoms with Crippen molar-refractivity contribution in [1.29, 1.82) is 5.26 Å². The first-order valence-corrected chi connectivity index (χ1v) is 16.5. The van der Waals surface area contributed by atoms with Crippen molar-refractivity contribution in [3.8, 4) is 22.9 Å². The Labute approximate surface area is 279 Å². The molecular weight excluding hydrogens is 599 g/mol. The van der Waals surface area contributed by atoms with Crippen LogP contribution in [0.5, 0.6) is 0 Å². The Bertz CT molecular complexity index is 3220. The molecule has 0 saturated heterocycles. The minimum Gasteiger partial charge on any atom is -0.455 e. The Morgan fingerprint density at radius 3 is 2.00 bits per heavy atom. The molecule has 4 heteroatoms. The highest BCUT2D eigenvalue weighted by atomic mass is 16.3. The van der Waals surface area contributed by atoms with Gasteiger partial charge in [-0.3, -0.25) is 0 Å². The lowest BCUT2D eigenvalue weighted by Crippen LogP contribution is -1.93. The van der Waals surface area contributed by atoms with E-state index in [1.165, 1.54) is 37.7 Å². The summed E-state index contributed by atoms with van der Waals surface area (Å²) in [5.74, 6) is 0. The van der Waals surface area contributed by atoms with Gasteiger partial charge in [-0.25, -0.2) is 0 Å². The van der Waals surface area contributed by atoms with Gasteiger partial charge in [-0.2, -0.15) is 5.26 Å². The van der Waals surface area contributed by atoms with Gasteiger partial charge in [0, 0.05) is 59.8 Å². The molecule has 0 radical (unpaired) electrons. The fourth-order valence-electron chi connectivity index (χ4n) is 8.26. The lowest BCUT2D eigenvalue weighted by atomic mass is 9.89. The second-order valence-corrected chi connectivity index (χ2v) is 12.9. The summed E-state index contributed by atoms with van der Waals surface area (Å²) in [5, 5.41) is 21.2. The third-order valence-corrected chi connectivity index (χ3v) is 10.3. The van der Waals surface area contributed by atoms with Gasteiger partial charge in [0.1, 0.15) is 11.2 Å². The van der Waals surface area contributed by atoms with Crippen LogP contribution in [0, 0.1) is 11.3 Å². The summed E-state index contributed by atoms with van der Waals surface area (Å²) in [6.45, 7) is 0. The van der Waals surface area contributed by atoms with Gasteiger partial charge in [-0.05, 0) is 82.6 Å². The summed E-state index contributed by atoms with van der Waals surface area (Å²) in [6.07, 6.45) is 0. The van der Waals surface area contributed by atoms with E-state index in [1.807, 2.05) is 30.3 Å². The average Bonchev–Trinajstić information content (AvgIpc) is 3.84. The number of nitriles is 1. The van der Waals surface area contributed by atoms with Crippen LogP contribution in [0.3, 0.4) is 0 Å². The fourth-order valence-corrected chi connectivity index (χ4v) is 8.26. The highest BCUT2D eigenvalue weighted by Crippen LogP contribution is 2.49. The zero-order valence-corrected chi connectivity index (χ0v) is 26.2. The molecule has 0 unspecified atom stereocenters. The van der Waals surface area contributed by atoms with Crippen molar-refractivity contribution in [3.05, 3.63) is 151 Å². The van der Waals surface area contributed by atoms with E-state index in [2.05, 4.69) is 131 Å². The maximum atomic E-state index is 9.42. The summed E-state index contributed by atoms with van der Waals surface area (Å²) < 4.78 is 9.17. The number of aromatic nitrogens is 2. The highest BCUT2D eigenvalue weighted by Gasteiger charge is 2.23. The van der Waals surface area contributed by atoms with E-state index >= 15 is 0 Å². The molecule has 8 aromatic carbocycles. The zero-order valence-electron chi connectivity index (χ0n) is 26.2. The molecule has 0 saturated carbocycles. The second kappa shape index (κ2) is 9.60. The molecule has 0 aliphatic carbocycles. The smallest absolute Gasteiger partial charge is 0.144 e. The van der Waals surface area contributed by atoms with Gasteiger partial charge in [0.15, 0.2) is 0 Å². The van der Waals surface area contributed by atoms with Gasteiger partial charge in [0.25, 0.3) is 0 Å². The number of hydrogen-bond donors (Lipinski definition) is 1. The summed E-state index contributed by atoms with van der Waals surface area (Å²) >= 11 is 0. The van der Waals surface area contributed by atoms with Crippen molar-refractivity contribution in [3.63, 3.8) is 0 Å². The van der Waals surface area contributed by atoms with Crippen molar-refractivity contribution in [2.75, 3.05) is 0 Å². The van der Waals surface area contributed by atoms with Crippen molar-refractivity contribution >= 4 is 87.1 Å². The number of fused-ring (bicyclic) bond motifs is 15. The SMILES string of the molecule is N#Cc1ccc(-n2c3ccccc3c3cc(-c4cc5[nH]c6ccccc6c5c5c6ccccc6c6c7ccccc7oc6c45)ccc32)cc1. The number of nitrogens with zero attached hydrogens (tertiary/aromatic N) is 2. The number of rotatable bonds is 2. The predicted octanol–water partition coefficient (Wildman–Crippen LogP) is 12.2. The molecular formula is C45H25N3O. The minimum absolute atomic E-state index is 0.649. The van der Waals surface area contributed by atoms with Gasteiger partial charge in [-0.15, -0.1) is 0 Å². The molecule has 11 aromatic rings. The van der Waals surface area contributed by atoms with Crippen molar-refractivity contribution < 1.29 is 4.42 Å². The van der Waals surface area contributed by atoms with Crippen LogP contribution in [0.15, 0.2) is 150 Å². The monoisotopic (exact) mass is 623 g/mol. The van der Waals surface area contributed by atoms with Crippen LogP contribution in [0.25, 0.3) is 104 Å². The van der Waals surface area contributed by atoms with Gasteiger partial charge in [0.2, 0.25) is 0 Å². The lowest BCUT2D eigenvalue weighted by molar-refractivity contribution is 0.673. The third kappa shape index (κ3) is 3.51. The molecule has 11 rings (SSSR count). The topological polar surface area (TPSA) is 57.6 Å². The molecule has 4 nitrogen and oxygen atoms in total. The van der Waals surface area contributed by atoms with E-state index in [4.69, 9.17) is 4.42 Å². The van der Waals surface area contributed by atoms with E-state index in [9.17, 15) is 5.26 Å². The lowest BCUT2D eigenvalue weighted by Gasteiger charge is -2.14. The van der Waals surface area contributed by atoms with Crippen molar-refractivity contribution in [1.82, 2.24) is 9.55 Å². The second-order valence-electron chi connectivity index (χ2n) is 12.9. The Kier molecular flexibility index (Phi) is 5.15. The number of hydrogen-bond acceptors (Lipinski definition) is 2. The number of H-pyrrole nitrogens is 1. The Balaban J connectivity index is 1.32. The van der Waals surface area contributed by atoms with E-state index < -0.39 is 0 Å². The number of benzene rings is 8. The maximum absolute atomic E-state index is 9.42. The van der Waals surface area contributed by atoms with Gasteiger partial charge < -0.3 is 14.0 Å². The highest BCUT2D eigenvalue weighted by molar-refractivity contribution is 6.39. The normalized spacial score (nSPS) is 12.1. The number of nitrogens with one attached hydrogen (secondary N) is 1. The standard InChI is InChI=1S/C45H25N3O/c46-25-26-17-20-28(21-18-26)48-38-15-7-4-9-29(38)35-23-27(19-22-39(35)48)34-24-37-42(32-12-3-6-14-36(32)47-37)43-31-11-2-1-10-30(31)41-33-13-5-8-16-40(33)49-45(41)44(34)43/h1-24,47H. The molecule has 1 N–H and O–H groups in total. The Morgan fingerprint density at radius 1 is 0.510 bits per heavy atom. The van der Waals surface area contributed by atoms with Crippen LogP contribution < -0.4 is 0 Å². The van der Waals surface area contributed by atoms with Crippen LogP contribution in [0.4, 0.5) is 0 Å². The molecule has 3 heterocycles. The van der Waals surface area contributed by atoms with Crippen molar-refractivity contribution in [2.24, 2.45) is 0 Å². The zero-order chi connectivity index (χ0) is 32.2. The first-order chi connectivity index (χ1) is 24.3. The van der Waals surface area contributed by atoms with E-state index in [0.29, 0.717) is 5.56 Å². The van der Waals surface area contributed by atoms with Crippen LogP contribution in [-0.4, -0.2) is 9.55 Å². The molecule has 3 aromatic heterocycles. The van der Waals surface area contributed by atoms with Crippen molar-refractivity contribution in [2.45, 2.75) is 0 Å². The van der Waals surface area contributed by atoms with Gasteiger partial charge in [-0.1, -0.05) is 84.9 Å². The summed E-state index contributed by atoms with van der Waals surface area (Å²) in [7, 11) is 0. The largest absolute Gasteiger partial charge is 0.455 e. The predicted molar refractivity (Wildman–Crippen MR) is 203 cm³/mol. The average molecular weight is 624 g/mol. The Hall–Kier alpha value is -6.83. The molecule has 0 aliphatic rings. The van der Waals surface area contributed by atoms with Crippen LogP contribution in [0.1, 0.15) is 5.56 Å². The molecule has 0 bridgehead atoms. The number of furan rings is 1. The molecule has 0 atom stereocenters. The quantitative estimate of drug-likeness (QED) is 0.195. The minimum atomic E-state index is 0.649. The van der Waals surface area contributed by atoms with E-state index in [1.54, 1.807) is 0 Å². The molecule has 0 aliphatic heterocycles. The van der Waals surface area contributed by atoms with Crippen LogP contribution in [0.2, 0.25) is 0 Å². The summed E-state index contributed by atoms with van der Waals surface area (Å²) in [6, 6.07) is 53.5. The first kappa shape index (κ1) is 26.3. The summed E-state index contributed by atoms with van der Waals surface area (Å²) in [5.41, 5.74) is 10.2. The molecule has 226 valence electrons. The molecule has 0 fully saturated rings. The maximum Gasteiger partial charge on any atom is 0.144 e. The first-order valence-electron chi connectivity index (χ1n) is 16.5. The summed E-state index contributed by atoms with van der Waals surface area (Å²) in [4.78, 5) is 3.76. The van der Waals surface area contributed by atoms with Gasteiger partial charge >= 0.3 is 0 Å². The number of para-hydroxylation sites is 3. The van der Waals surface area contributed by atoms with Gasteiger partial charge in [0.05, 0.1) is 22.7 Å². The third-order valence-electron chi connectivity index (χ3n) is 10.3. The fraction of sp³-hybridized carbons (Fsp3) is 0. The molecule has 49 heavy (non-hydrogen) atoms. The van der Waals surface area contributed by atoms with Crippen LogP contribution >= 0.6 is 0 Å². The van der Waals surface area contributed by atoms with Crippen LogP contribution in [-0.2, 0) is 0 Å². The molecule has 0 amide bonds.